The summed E-state index contributed by atoms with van der Waals surface area (Å²) < 4.78 is 4.66. The first kappa shape index (κ1) is 11.3. The van der Waals surface area contributed by atoms with E-state index in [4.69, 9.17) is 10.2 Å². The van der Waals surface area contributed by atoms with Crippen LogP contribution in [0.1, 0.15) is 19.3 Å². The zero-order valence-electron chi connectivity index (χ0n) is 8.11. The van der Waals surface area contributed by atoms with Gasteiger partial charge in [0, 0.05) is 18.6 Å². The number of rotatable bonds is 4. The van der Waals surface area contributed by atoms with Crippen LogP contribution in [-0.2, 0) is 4.74 Å². The standard InChI is InChI=1S/C9H17NO4/c11-4-5-14-9(13)10-8-3-1-2-7(8)6-12/h7-8,11-12H,1-6H2,(H,10,13). The van der Waals surface area contributed by atoms with Crippen LogP contribution in [-0.4, -0.2) is 42.2 Å². The van der Waals surface area contributed by atoms with Crippen LogP contribution in [0, 0.1) is 5.92 Å². The second kappa shape index (κ2) is 5.82. The summed E-state index contributed by atoms with van der Waals surface area (Å²) in [7, 11) is 0. The minimum atomic E-state index is -0.510. The van der Waals surface area contributed by atoms with Gasteiger partial charge in [-0.15, -0.1) is 0 Å². The van der Waals surface area contributed by atoms with E-state index in [0.29, 0.717) is 0 Å². The third-order valence-corrected chi connectivity index (χ3v) is 2.52. The lowest BCUT2D eigenvalue weighted by molar-refractivity contribution is 0.111. The molecule has 0 radical (unpaired) electrons. The van der Waals surface area contributed by atoms with Crippen molar-refractivity contribution in [3.05, 3.63) is 0 Å². The summed E-state index contributed by atoms with van der Waals surface area (Å²) in [5, 5.41) is 20.1. The number of carbonyl (C=O) groups is 1. The molecule has 0 aromatic heterocycles. The maximum Gasteiger partial charge on any atom is 0.407 e. The van der Waals surface area contributed by atoms with Gasteiger partial charge in [-0.1, -0.05) is 6.42 Å². The van der Waals surface area contributed by atoms with Gasteiger partial charge >= 0.3 is 6.09 Å². The number of amides is 1. The summed E-state index contributed by atoms with van der Waals surface area (Å²) in [6.07, 6.45) is 2.35. The van der Waals surface area contributed by atoms with Crippen molar-refractivity contribution in [2.75, 3.05) is 19.8 Å². The summed E-state index contributed by atoms with van der Waals surface area (Å²) in [6.45, 7) is -0.0468. The number of aliphatic hydroxyl groups excluding tert-OH is 2. The molecule has 0 spiro atoms. The normalized spacial score (nSPS) is 26.1. The maximum absolute atomic E-state index is 11.1. The molecular weight excluding hydrogens is 186 g/mol. The Balaban J connectivity index is 2.25. The molecule has 0 aromatic rings. The number of aliphatic hydroxyl groups is 2. The van der Waals surface area contributed by atoms with Crippen molar-refractivity contribution in [1.29, 1.82) is 0 Å². The number of ether oxygens (including phenoxy) is 1. The smallest absolute Gasteiger partial charge is 0.407 e. The van der Waals surface area contributed by atoms with Crippen molar-refractivity contribution >= 4 is 6.09 Å². The van der Waals surface area contributed by atoms with Gasteiger partial charge in [-0.2, -0.15) is 0 Å². The summed E-state index contributed by atoms with van der Waals surface area (Å²) in [5.74, 6) is 0.150. The van der Waals surface area contributed by atoms with E-state index >= 15 is 0 Å². The second-order valence-corrected chi connectivity index (χ2v) is 3.48. The fourth-order valence-electron chi connectivity index (χ4n) is 1.78. The third-order valence-electron chi connectivity index (χ3n) is 2.52. The van der Waals surface area contributed by atoms with Gasteiger partial charge in [-0.05, 0) is 12.8 Å². The molecule has 0 heterocycles. The van der Waals surface area contributed by atoms with Gasteiger partial charge in [0.25, 0.3) is 0 Å². The molecule has 5 heteroatoms. The van der Waals surface area contributed by atoms with Crippen molar-refractivity contribution in [3.63, 3.8) is 0 Å². The molecule has 1 aliphatic rings. The minimum Gasteiger partial charge on any atom is -0.447 e. The summed E-state index contributed by atoms with van der Waals surface area (Å²) >= 11 is 0. The fourth-order valence-corrected chi connectivity index (χ4v) is 1.78. The summed E-state index contributed by atoms with van der Waals surface area (Å²) in [5.41, 5.74) is 0. The van der Waals surface area contributed by atoms with Gasteiger partial charge in [-0.25, -0.2) is 4.79 Å². The van der Waals surface area contributed by atoms with E-state index in [1.807, 2.05) is 0 Å². The van der Waals surface area contributed by atoms with E-state index in [2.05, 4.69) is 10.1 Å². The van der Waals surface area contributed by atoms with Crippen molar-refractivity contribution in [1.82, 2.24) is 5.32 Å². The number of hydrogen-bond acceptors (Lipinski definition) is 4. The molecular formula is C9H17NO4. The zero-order chi connectivity index (χ0) is 10.4. The minimum absolute atomic E-state index is 0.0162. The Morgan fingerprint density at radius 1 is 1.43 bits per heavy atom. The third kappa shape index (κ3) is 3.16. The molecule has 82 valence electrons. The highest BCUT2D eigenvalue weighted by Crippen LogP contribution is 2.24. The highest BCUT2D eigenvalue weighted by atomic mass is 16.6. The van der Waals surface area contributed by atoms with Crippen molar-refractivity contribution < 1.29 is 19.7 Å². The van der Waals surface area contributed by atoms with Crippen molar-refractivity contribution in [3.8, 4) is 0 Å². The van der Waals surface area contributed by atoms with Crippen LogP contribution in [0.3, 0.4) is 0 Å². The first-order valence-electron chi connectivity index (χ1n) is 4.93. The molecule has 14 heavy (non-hydrogen) atoms. The van der Waals surface area contributed by atoms with Crippen LogP contribution >= 0.6 is 0 Å². The van der Waals surface area contributed by atoms with Crippen molar-refractivity contribution in [2.45, 2.75) is 25.3 Å². The Morgan fingerprint density at radius 2 is 2.21 bits per heavy atom. The van der Waals surface area contributed by atoms with Gasteiger partial charge < -0.3 is 20.3 Å². The van der Waals surface area contributed by atoms with Gasteiger partial charge in [0.1, 0.15) is 6.61 Å². The molecule has 0 aromatic carbocycles. The number of carbonyl (C=O) groups excluding carboxylic acids is 1. The van der Waals surface area contributed by atoms with Crippen LogP contribution in [0.4, 0.5) is 4.79 Å². The Labute approximate surface area is 83.1 Å². The highest BCUT2D eigenvalue weighted by Gasteiger charge is 2.28. The quantitative estimate of drug-likeness (QED) is 0.594. The van der Waals surface area contributed by atoms with E-state index in [1.54, 1.807) is 0 Å². The second-order valence-electron chi connectivity index (χ2n) is 3.48. The molecule has 0 bridgehead atoms. The lowest BCUT2D eigenvalue weighted by atomic mass is 10.1. The maximum atomic E-state index is 11.1. The first-order valence-corrected chi connectivity index (χ1v) is 4.93. The molecule has 1 aliphatic carbocycles. The van der Waals surface area contributed by atoms with Gasteiger partial charge in [-0.3, -0.25) is 0 Å². The Kier molecular flexibility index (Phi) is 4.69. The fraction of sp³-hybridized carbons (Fsp3) is 0.889. The number of alkyl carbamates (subject to hydrolysis) is 1. The molecule has 1 rings (SSSR count). The largest absolute Gasteiger partial charge is 0.447 e. The molecule has 3 N–H and O–H groups in total. The van der Waals surface area contributed by atoms with Crippen LogP contribution < -0.4 is 5.32 Å². The number of hydrogen-bond donors (Lipinski definition) is 3. The molecule has 1 saturated carbocycles. The SMILES string of the molecule is O=C(NC1CCCC1CO)OCCO. The van der Waals surface area contributed by atoms with E-state index in [1.165, 1.54) is 0 Å². The van der Waals surface area contributed by atoms with E-state index in [9.17, 15) is 4.79 Å². The highest BCUT2D eigenvalue weighted by molar-refractivity contribution is 5.67. The lowest BCUT2D eigenvalue weighted by Gasteiger charge is -2.18. The van der Waals surface area contributed by atoms with Gasteiger partial charge in [0.2, 0.25) is 0 Å². The van der Waals surface area contributed by atoms with Crippen LogP contribution in [0.25, 0.3) is 0 Å². The molecule has 0 aliphatic heterocycles. The molecule has 2 atom stereocenters. The Morgan fingerprint density at radius 3 is 2.86 bits per heavy atom. The molecule has 5 nitrogen and oxygen atoms in total. The van der Waals surface area contributed by atoms with Crippen molar-refractivity contribution in [2.24, 2.45) is 5.92 Å². The lowest BCUT2D eigenvalue weighted by Crippen LogP contribution is -2.39. The van der Waals surface area contributed by atoms with Crippen LogP contribution in [0.5, 0.6) is 0 Å². The Bertz CT molecular complexity index is 186. The van der Waals surface area contributed by atoms with Crippen LogP contribution in [0.2, 0.25) is 0 Å². The van der Waals surface area contributed by atoms with E-state index in [-0.39, 0.29) is 31.8 Å². The average Bonchev–Trinajstić information content (AvgIpc) is 2.62. The summed E-state index contributed by atoms with van der Waals surface area (Å²) in [6, 6.07) is 0.0196. The molecule has 0 saturated heterocycles. The number of nitrogens with one attached hydrogen (secondary N) is 1. The van der Waals surface area contributed by atoms with Gasteiger partial charge in [0.15, 0.2) is 0 Å². The molecule has 2 unspecified atom stereocenters. The molecule has 1 fully saturated rings. The Hall–Kier alpha value is -0.810. The predicted octanol–water partition coefficient (Wildman–Crippen LogP) is -0.134. The van der Waals surface area contributed by atoms with Crippen LogP contribution in [0.15, 0.2) is 0 Å². The van der Waals surface area contributed by atoms with E-state index in [0.717, 1.165) is 19.3 Å². The molecule has 1 amide bonds. The first-order chi connectivity index (χ1) is 6.77. The summed E-state index contributed by atoms with van der Waals surface area (Å²) in [4.78, 5) is 11.1. The van der Waals surface area contributed by atoms with Gasteiger partial charge in [0.05, 0.1) is 6.61 Å². The average molecular weight is 203 g/mol. The predicted molar refractivity (Wildman–Crippen MR) is 49.8 cm³/mol. The topological polar surface area (TPSA) is 78.8 Å². The van der Waals surface area contributed by atoms with E-state index < -0.39 is 6.09 Å². The zero-order valence-corrected chi connectivity index (χ0v) is 8.11. The monoisotopic (exact) mass is 203 g/mol.